The first-order valence-electron chi connectivity index (χ1n) is 8.63. The smallest absolute Gasteiger partial charge is 0.244 e. The van der Waals surface area contributed by atoms with Gasteiger partial charge >= 0.3 is 0 Å². The Kier molecular flexibility index (Phi) is 5.78. The number of carbonyl (C=O) groups excluding carboxylic acids is 1. The fourth-order valence-electron chi connectivity index (χ4n) is 3.21. The van der Waals surface area contributed by atoms with E-state index in [1.165, 1.54) is 30.3 Å². The molecule has 0 saturated carbocycles. The molecule has 1 aliphatic heterocycles. The Morgan fingerprint density at radius 1 is 1.08 bits per heavy atom. The summed E-state index contributed by atoms with van der Waals surface area (Å²) < 4.78 is 32.0. The van der Waals surface area contributed by atoms with Crippen molar-refractivity contribution in [2.24, 2.45) is 0 Å². The first kappa shape index (κ1) is 18.3. The van der Waals surface area contributed by atoms with Crippen LogP contribution in [0.25, 0.3) is 6.08 Å². The molecule has 0 aliphatic carbocycles. The highest BCUT2D eigenvalue weighted by Gasteiger charge is 2.34. The fourth-order valence-corrected chi connectivity index (χ4v) is 3.21. The van der Waals surface area contributed by atoms with Crippen molar-refractivity contribution in [2.45, 2.75) is 18.3 Å². The molecule has 0 radical (unpaired) electrons. The van der Waals surface area contributed by atoms with Gasteiger partial charge in [0.15, 0.2) is 0 Å². The highest BCUT2D eigenvalue weighted by atomic mass is 19.1. The quantitative estimate of drug-likeness (QED) is 0.826. The molecule has 0 unspecified atom stereocenters. The van der Waals surface area contributed by atoms with Crippen LogP contribution in [-0.2, 0) is 14.9 Å². The third-order valence-corrected chi connectivity index (χ3v) is 4.79. The molecule has 0 spiro atoms. The molecule has 0 bridgehead atoms. The molecule has 1 N–H and O–H groups in total. The Labute approximate surface area is 151 Å². The maximum absolute atomic E-state index is 13.7. The standard InChI is InChI=1S/C21H21F2NO2/c22-18-7-4-16(5-8-18)6-9-20(25)24-15-21(10-12-26-13-11-21)17-2-1-3-19(23)14-17/h1-9,14H,10-13,15H2,(H,24,25)/b9-6+. The van der Waals surface area contributed by atoms with Crippen LogP contribution in [-0.4, -0.2) is 25.7 Å². The van der Waals surface area contributed by atoms with Gasteiger partial charge in [-0.25, -0.2) is 8.78 Å². The van der Waals surface area contributed by atoms with Gasteiger partial charge in [-0.2, -0.15) is 0 Å². The van der Waals surface area contributed by atoms with Crippen LogP contribution in [0.4, 0.5) is 8.78 Å². The number of halogens is 2. The van der Waals surface area contributed by atoms with Gasteiger partial charge in [0.25, 0.3) is 0 Å². The lowest BCUT2D eigenvalue weighted by molar-refractivity contribution is -0.116. The Hall–Kier alpha value is -2.53. The molecule has 1 fully saturated rings. The molecule has 136 valence electrons. The molecule has 2 aromatic rings. The minimum absolute atomic E-state index is 0.239. The van der Waals surface area contributed by atoms with Crippen molar-refractivity contribution < 1.29 is 18.3 Å². The number of rotatable bonds is 5. The summed E-state index contributed by atoms with van der Waals surface area (Å²) in [4.78, 5) is 12.2. The van der Waals surface area contributed by atoms with Crippen molar-refractivity contribution >= 4 is 12.0 Å². The Balaban J connectivity index is 1.68. The minimum atomic E-state index is -0.334. The summed E-state index contributed by atoms with van der Waals surface area (Å²) in [5.41, 5.74) is 1.29. The maximum atomic E-state index is 13.7. The van der Waals surface area contributed by atoms with E-state index in [9.17, 15) is 13.6 Å². The van der Waals surface area contributed by atoms with Crippen molar-refractivity contribution in [3.8, 4) is 0 Å². The molecular formula is C21H21F2NO2. The first-order chi connectivity index (χ1) is 12.6. The number of hydrogen-bond acceptors (Lipinski definition) is 2. The van der Waals surface area contributed by atoms with Gasteiger partial charge in [0.05, 0.1) is 0 Å². The maximum Gasteiger partial charge on any atom is 0.244 e. The van der Waals surface area contributed by atoms with Crippen LogP contribution in [0.5, 0.6) is 0 Å². The second kappa shape index (κ2) is 8.23. The van der Waals surface area contributed by atoms with E-state index in [4.69, 9.17) is 4.74 Å². The van der Waals surface area contributed by atoms with E-state index < -0.39 is 0 Å². The van der Waals surface area contributed by atoms with Crippen LogP contribution in [0, 0.1) is 11.6 Å². The van der Waals surface area contributed by atoms with E-state index in [-0.39, 0.29) is 23.0 Å². The molecule has 5 heteroatoms. The summed E-state index contributed by atoms with van der Waals surface area (Å²) >= 11 is 0. The van der Waals surface area contributed by atoms with Crippen LogP contribution in [0.15, 0.2) is 54.6 Å². The molecule has 26 heavy (non-hydrogen) atoms. The summed E-state index contributed by atoms with van der Waals surface area (Å²) in [7, 11) is 0. The van der Waals surface area contributed by atoms with Gasteiger partial charge in [0.1, 0.15) is 11.6 Å². The van der Waals surface area contributed by atoms with Crippen molar-refractivity contribution in [3.05, 3.63) is 77.4 Å². The van der Waals surface area contributed by atoms with E-state index in [0.717, 1.165) is 24.0 Å². The largest absolute Gasteiger partial charge is 0.381 e. The van der Waals surface area contributed by atoms with Crippen LogP contribution >= 0.6 is 0 Å². The van der Waals surface area contributed by atoms with Crippen molar-refractivity contribution in [3.63, 3.8) is 0 Å². The molecule has 1 saturated heterocycles. The fraction of sp³-hybridized carbons (Fsp3) is 0.286. The van der Waals surface area contributed by atoms with E-state index in [1.54, 1.807) is 24.3 Å². The van der Waals surface area contributed by atoms with Gasteiger partial charge in [-0.1, -0.05) is 24.3 Å². The average molecular weight is 357 g/mol. The summed E-state index contributed by atoms with van der Waals surface area (Å²) in [6.45, 7) is 1.57. The minimum Gasteiger partial charge on any atom is -0.381 e. The Bertz CT molecular complexity index is 781. The van der Waals surface area contributed by atoms with E-state index in [1.807, 2.05) is 6.07 Å². The number of hydrogen-bond donors (Lipinski definition) is 1. The first-order valence-corrected chi connectivity index (χ1v) is 8.63. The third kappa shape index (κ3) is 4.55. The monoisotopic (exact) mass is 357 g/mol. The van der Waals surface area contributed by atoms with Crippen LogP contribution in [0.3, 0.4) is 0 Å². The highest BCUT2D eigenvalue weighted by Crippen LogP contribution is 2.34. The summed E-state index contributed by atoms with van der Waals surface area (Å²) in [6.07, 6.45) is 4.50. The molecule has 0 atom stereocenters. The third-order valence-electron chi connectivity index (χ3n) is 4.79. The lowest BCUT2D eigenvalue weighted by Crippen LogP contribution is -2.44. The van der Waals surface area contributed by atoms with Crippen molar-refractivity contribution in [2.75, 3.05) is 19.8 Å². The molecule has 0 aromatic heterocycles. The molecule has 1 amide bonds. The molecular weight excluding hydrogens is 336 g/mol. The van der Waals surface area contributed by atoms with Gasteiger partial charge in [-0.3, -0.25) is 4.79 Å². The van der Waals surface area contributed by atoms with Gasteiger partial charge in [-0.05, 0) is 54.3 Å². The zero-order valence-corrected chi connectivity index (χ0v) is 14.4. The zero-order chi connectivity index (χ0) is 18.4. The number of amides is 1. The van der Waals surface area contributed by atoms with Gasteiger partial charge in [0, 0.05) is 31.2 Å². The van der Waals surface area contributed by atoms with Crippen molar-refractivity contribution in [1.29, 1.82) is 0 Å². The van der Waals surface area contributed by atoms with E-state index in [0.29, 0.717) is 19.8 Å². The lowest BCUT2D eigenvalue weighted by Gasteiger charge is -2.37. The van der Waals surface area contributed by atoms with Gasteiger partial charge < -0.3 is 10.1 Å². The second-order valence-electron chi connectivity index (χ2n) is 6.51. The molecule has 3 rings (SSSR count). The van der Waals surface area contributed by atoms with Gasteiger partial charge in [0.2, 0.25) is 5.91 Å². The van der Waals surface area contributed by atoms with E-state index in [2.05, 4.69) is 5.32 Å². The number of carbonyl (C=O) groups is 1. The van der Waals surface area contributed by atoms with Gasteiger partial charge in [-0.15, -0.1) is 0 Å². The zero-order valence-electron chi connectivity index (χ0n) is 14.4. The van der Waals surface area contributed by atoms with E-state index >= 15 is 0 Å². The summed E-state index contributed by atoms with van der Waals surface area (Å²) in [5.74, 6) is -0.837. The summed E-state index contributed by atoms with van der Waals surface area (Å²) in [5, 5.41) is 2.91. The Morgan fingerprint density at radius 3 is 2.50 bits per heavy atom. The SMILES string of the molecule is O=C(/C=C/c1ccc(F)cc1)NCC1(c2cccc(F)c2)CCOCC1. The number of benzene rings is 2. The molecule has 2 aromatic carbocycles. The number of ether oxygens (including phenoxy) is 1. The van der Waals surface area contributed by atoms with Crippen LogP contribution in [0.2, 0.25) is 0 Å². The molecule has 1 aliphatic rings. The Morgan fingerprint density at radius 2 is 1.81 bits per heavy atom. The lowest BCUT2D eigenvalue weighted by atomic mass is 9.74. The normalized spacial score (nSPS) is 16.5. The van der Waals surface area contributed by atoms with Crippen molar-refractivity contribution in [1.82, 2.24) is 5.32 Å². The molecule has 1 heterocycles. The van der Waals surface area contributed by atoms with Crippen LogP contribution in [0.1, 0.15) is 24.0 Å². The predicted octanol–water partition coefficient (Wildman–Crippen LogP) is 3.84. The number of nitrogens with one attached hydrogen (secondary N) is 1. The van der Waals surface area contributed by atoms with Crippen LogP contribution < -0.4 is 5.32 Å². The second-order valence-corrected chi connectivity index (χ2v) is 6.51. The predicted molar refractivity (Wildman–Crippen MR) is 96.6 cm³/mol. The topological polar surface area (TPSA) is 38.3 Å². The summed E-state index contributed by atoms with van der Waals surface area (Å²) in [6, 6.07) is 12.4. The molecule has 3 nitrogen and oxygen atoms in total. The highest BCUT2D eigenvalue weighted by molar-refractivity contribution is 5.91. The average Bonchev–Trinajstić information content (AvgIpc) is 2.67.